The number of hydrogen-bond donors (Lipinski definition) is 1. The predicted molar refractivity (Wildman–Crippen MR) is 112 cm³/mol. The number of amides is 1. The Morgan fingerprint density at radius 2 is 1.75 bits per heavy atom. The molecule has 0 bridgehead atoms. The van der Waals surface area contributed by atoms with Gasteiger partial charge < -0.3 is 5.32 Å². The van der Waals surface area contributed by atoms with E-state index in [1.54, 1.807) is 24.4 Å². The molecule has 0 aliphatic rings. The molecule has 0 radical (unpaired) electrons. The fraction of sp³-hybridized carbons (Fsp3) is 0. The number of anilines is 1. The van der Waals surface area contributed by atoms with Crippen LogP contribution in [0.4, 0.5) is 10.1 Å². The van der Waals surface area contributed by atoms with Crippen LogP contribution in [0.3, 0.4) is 0 Å². The molecule has 3 aromatic carbocycles. The van der Waals surface area contributed by atoms with Crippen molar-refractivity contribution >= 4 is 45.6 Å². The van der Waals surface area contributed by atoms with Crippen LogP contribution < -0.4 is 5.32 Å². The molecule has 4 aromatic rings. The summed E-state index contributed by atoms with van der Waals surface area (Å²) in [5.74, 6) is -1.32. The monoisotopic (exact) mass is 410 g/mol. The molecule has 1 heterocycles. The number of halogens is 3. The summed E-state index contributed by atoms with van der Waals surface area (Å²) in [7, 11) is 0. The van der Waals surface area contributed by atoms with Crippen LogP contribution in [0.5, 0.6) is 0 Å². The van der Waals surface area contributed by atoms with Crippen molar-refractivity contribution in [1.82, 2.24) is 4.98 Å². The van der Waals surface area contributed by atoms with E-state index in [0.29, 0.717) is 22.0 Å². The highest BCUT2D eigenvalue weighted by atomic mass is 35.5. The van der Waals surface area contributed by atoms with Crippen LogP contribution in [-0.2, 0) is 0 Å². The van der Waals surface area contributed by atoms with Gasteiger partial charge in [-0.1, -0.05) is 53.5 Å². The molecule has 138 valence electrons. The topological polar surface area (TPSA) is 42.0 Å². The smallest absolute Gasteiger partial charge is 0.260 e. The average molecular weight is 411 g/mol. The zero-order valence-corrected chi connectivity index (χ0v) is 15.9. The molecule has 0 unspecified atom stereocenters. The molecule has 1 amide bonds. The minimum absolute atomic E-state index is 0.0439. The third-order valence-electron chi connectivity index (χ3n) is 4.34. The van der Waals surface area contributed by atoms with E-state index >= 15 is 0 Å². The standard InChI is InChI=1S/C22H13Cl2FN2O/c23-17-9-8-14(27-22(28)20-18(24)6-3-7-19(20)25)12-16(17)21-15-5-2-1-4-13(15)10-11-26-21/h1-12H,(H,27,28). The molecule has 0 spiro atoms. The molecule has 0 saturated heterocycles. The molecular weight excluding hydrogens is 398 g/mol. The number of nitrogens with zero attached hydrogens (tertiary/aromatic N) is 1. The number of pyridine rings is 1. The van der Waals surface area contributed by atoms with E-state index in [0.717, 1.165) is 10.8 Å². The maximum atomic E-state index is 14.0. The maximum absolute atomic E-state index is 14.0. The molecule has 0 aliphatic heterocycles. The van der Waals surface area contributed by atoms with E-state index in [2.05, 4.69) is 10.3 Å². The third kappa shape index (κ3) is 3.44. The summed E-state index contributed by atoms with van der Waals surface area (Å²) in [6.45, 7) is 0. The van der Waals surface area contributed by atoms with Gasteiger partial charge in [-0.3, -0.25) is 9.78 Å². The molecule has 28 heavy (non-hydrogen) atoms. The lowest BCUT2D eigenvalue weighted by Gasteiger charge is -2.12. The Balaban J connectivity index is 1.75. The zero-order chi connectivity index (χ0) is 19.7. The van der Waals surface area contributed by atoms with Crippen LogP contribution in [-0.4, -0.2) is 10.9 Å². The van der Waals surface area contributed by atoms with Crippen LogP contribution in [0.2, 0.25) is 10.0 Å². The van der Waals surface area contributed by atoms with Crippen molar-refractivity contribution in [3.05, 3.63) is 94.4 Å². The molecule has 6 heteroatoms. The molecule has 1 N–H and O–H groups in total. The molecule has 0 fully saturated rings. The highest BCUT2D eigenvalue weighted by molar-refractivity contribution is 6.35. The van der Waals surface area contributed by atoms with Gasteiger partial charge in [0, 0.05) is 22.8 Å². The molecule has 0 aliphatic carbocycles. The van der Waals surface area contributed by atoms with Crippen molar-refractivity contribution < 1.29 is 9.18 Å². The fourth-order valence-electron chi connectivity index (χ4n) is 3.03. The van der Waals surface area contributed by atoms with E-state index < -0.39 is 11.7 Å². The predicted octanol–water partition coefficient (Wildman–Crippen LogP) is 6.60. The van der Waals surface area contributed by atoms with E-state index in [9.17, 15) is 9.18 Å². The van der Waals surface area contributed by atoms with E-state index in [-0.39, 0.29) is 10.6 Å². The number of rotatable bonds is 3. The second kappa shape index (κ2) is 7.58. The number of carbonyl (C=O) groups excluding carboxylic acids is 1. The van der Waals surface area contributed by atoms with E-state index in [4.69, 9.17) is 23.2 Å². The number of benzene rings is 3. The zero-order valence-electron chi connectivity index (χ0n) is 14.4. The first kappa shape index (κ1) is 18.4. The Morgan fingerprint density at radius 3 is 2.57 bits per heavy atom. The first-order valence-electron chi connectivity index (χ1n) is 8.43. The number of aromatic nitrogens is 1. The summed E-state index contributed by atoms with van der Waals surface area (Å²) in [4.78, 5) is 17.0. The quantitative estimate of drug-likeness (QED) is 0.413. The van der Waals surface area contributed by atoms with Gasteiger partial charge in [-0.15, -0.1) is 0 Å². The van der Waals surface area contributed by atoms with Crippen molar-refractivity contribution in [2.75, 3.05) is 5.32 Å². The number of hydrogen-bond acceptors (Lipinski definition) is 2. The second-order valence-electron chi connectivity index (χ2n) is 6.13. The molecule has 4 rings (SSSR count). The van der Waals surface area contributed by atoms with Crippen LogP contribution in [0.1, 0.15) is 10.4 Å². The van der Waals surface area contributed by atoms with E-state index in [1.807, 2.05) is 30.3 Å². The van der Waals surface area contributed by atoms with Gasteiger partial charge in [0.2, 0.25) is 0 Å². The van der Waals surface area contributed by atoms with Gasteiger partial charge in [0.25, 0.3) is 5.91 Å². The third-order valence-corrected chi connectivity index (χ3v) is 4.99. The summed E-state index contributed by atoms with van der Waals surface area (Å²) in [6.07, 6.45) is 1.71. The molecule has 0 saturated carbocycles. The van der Waals surface area contributed by atoms with E-state index in [1.165, 1.54) is 18.2 Å². The number of carbonyl (C=O) groups is 1. The van der Waals surface area contributed by atoms with Gasteiger partial charge in [-0.05, 0) is 41.8 Å². The van der Waals surface area contributed by atoms with Gasteiger partial charge in [0.15, 0.2) is 0 Å². The Bertz CT molecular complexity index is 1180. The summed E-state index contributed by atoms with van der Waals surface area (Å²) in [5.41, 5.74) is 1.61. The second-order valence-corrected chi connectivity index (χ2v) is 6.94. The minimum Gasteiger partial charge on any atom is -0.322 e. The maximum Gasteiger partial charge on any atom is 0.260 e. The Labute approximate surface area is 170 Å². The SMILES string of the molecule is O=C(Nc1ccc(Cl)c(-c2nccc3ccccc23)c1)c1c(F)cccc1Cl. The first-order chi connectivity index (χ1) is 13.5. The van der Waals surface area contributed by atoms with Gasteiger partial charge in [-0.25, -0.2) is 4.39 Å². The van der Waals surface area contributed by atoms with Gasteiger partial charge in [0.05, 0.1) is 21.3 Å². The minimum atomic E-state index is -0.685. The van der Waals surface area contributed by atoms with Crippen LogP contribution in [0.25, 0.3) is 22.0 Å². The normalized spacial score (nSPS) is 10.8. The Kier molecular flexibility index (Phi) is 4.99. The molecule has 3 nitrogen and oxygen atoms in total. The Hall–Kier alpha value is -2.95. The van der Waals surface area contributed by atoms with Crippen molar-refractivity contribution in [1.29, 1.82) is 0 Å². The summed E-state index contributed by atoms with van der Waals surface area (Å²) in [6, 6.07) is 18.8. The molecular formula is C22H13Cl2FN2O. The fourth-order valence-corrected chi connectivity index (χ4v) is 3.48. The number of nitrogens with one attached hydrogen (secondary N) is 1. The van der Waals surface area contributed by atoms with Crippen LogP contribution in [0.15, 0.2) is 72.9 Å². The van der Waals surface area contributed by atoms with Gasteiger partial charge in [0.1, 0.15) is 5.82 Å². The van der Waals surface area contributed by atoms with Gasteiger partial charge in [-0.2, -0.15) is 0 Å². The molecule has 0 atom stereocenters. The largest absolute Gasteiger partial charge is 0.322 e. The van der Waals surface area contributed by atoms with Crippen molar-refractivity contribution in [3.8, 4) is 11.3 Å². The van der Waals surface area contributed by atoms with Crippen molar-refractivity contribution in [2.45, 2.75) is 0 Å². The summed E-state index contributed by atoms with van der Waals surface area (Å²) < 4.78 is 14.0. The lowest BCUT2D eigenvalue weighted by Crippen LogP contribution is -2.14. The van der Waals surface area contributed by atoms with Crippen molar-refractivity contribution in [2.24, 2.45) is 0 Å². The highest BCUT2D eigenvalue weighted by Gasteiger charge is 2.17. The first-order valence-corrected chi connectivity index (χ1v) is 9.19. The van der Waals surface area contributed by atoms with Crippen molar-refractivity contribution in [3.63, 3.8) is 0 Å². The summed E-state index contributed by atoms with van der Waals surface area (Å²) >= 11 is 12.4. The average Bonchev–Trinajstić information content (AvgIpc) is 2.69. The highest BCUT2D eigenvalue weighted by Crippen LogP contribution is 2.34. The van der Waals surface area contributed by atoms with Gasteiger partial charge >= 0.3 is 0 Å². The molecule has 1 aromatic heterocycles. The van der Waals surface area contributed by atoms with Crippen LogP contribution in [0, 0.1) is 5.82 Å². The lowest BCUT2D eigenvalue weighted by atomic mass is 10.0. The lowest BCUT2D eigenvalue weighted by molar-refractivity contribution is 0.102. The Morgan fingerprint density at radius 1 is 0.929 bits per heavy atom. The van der Waals surface area contributed by atoms with Crippen LogP contribution >= 0.6 is 23.2 Å². The number of fused-ring (bicyclic) bond motifs is 1. The summed E-state index contributed by atoms with van der Waals surface area (Å²) in [5, 5.41) is 5.17.